The van der Waals surface area contributed by atoms with Crippen LogP contribution in [0.25, 0.3) is 0 Å². The molecule has 0 spiro atoms. The van der Waals surface area contributed by atoms with Crippen molar-refractivity contribution < 1.29 is 12.6 Å². The molecule has 0 fully saturated rings. The summed E-state index contributed by atoms with van der Waals surface area (Å²) in [4.78, 5) is 4.51. The lowest BCUT2D eigenvalue weighted by Crippen LogP contribution is -2.10. The molecule has 0 atom stereocenters. The van der Waals surface area contributed by atoms with Crippen LogP contribution in [-0.2, 0) is 10.1 Å². The second kappa shape index (κ2) is 7.94. The van der Waals surface area contributed by atoms with Gasteiger partial charge >= 0.3 is 10.1 Å². The molecule has 0 heterocycles. The molecule has 0 amide bonds. The monoisotopic (exact) mass is 399 g/mol. The number of aliphatic imine (C=N–C) groups is 1. The van der Waals surface area contributed by atoms with Crippen molar-refractivity contribution in [3.8, 4) is 5.75 Å². The topological polar surface area (TPSA) is 55.7 Å². The van der Waals surface area contributed by atoms with Crippen molar-refractivity contribution in [3.63, 3.8) is 0 Å². The fourth-order valence-electron chi connectivity index (χ4n) is 2.40. The van der Waals surface area contributed by atoms with Crippen molar-refractivity contribution >= 4 is 33.6 Å². The smallest absolute Gasteiger partial charge is 0.339 e. The second-order valence-electron chi connectivity index (χ2n) is 6.06. The molecule has 3 rings (SSSR count). The summed E-state index contributed by atoms with van der Waals surface area (Å²) in [6.45, 7) is 4.04. The Bertz CT molecular complexity index is 1090. The third-order valence-electron chi connectivity index (χ3n) is 4.05. The van der Waals surface area contributed by atoms with Gasteiger partial charge in [-0.3, -0.25) is 4.99 Å². The first-order valence-corrected chi connectivity index (χ1v) is 10.0. The van der Waals surface area contributed by atoms with Gasteiger partial charge < -0.3 is 4.18 Å². The molecule has 6 heteroatoms. The van der Waals surface area contributed by atoms with Gasteiger partial charge in [0.05, 0.1) is 5.69 Å². The maximum Gasteiger partial charge on any atom is 0.339 e. The van der Waals surface area contributed by atoms with Gasteiger partial charge in [-0.1, -0.05) is 35.9 Å². The molecule has 0 saturated heterocycles. The summed E-state index contributed by atoms with van der Waals surface area (Å²) < 4.78 is 30.3. The van der Waals surface area contributed by atoms with Crippen molar-refractivity contribution in [2.24, 2.45) is 4.99 Å². The molecule has 0 unspecified atom stereocenters. The highest BCUT2D eigenvalue weighted by Gasteiger charge is 2.18. The van der Waals surface area contributed by atoms with Gasteiger partial charge in [0, 0.05) is 16.8 Å². The van der Waals surface area contributed by atoms with Gasteiger partial charge in [0.15, 0.2) is 5.75 Å². The summed E-state index contributed by atoms with van der Waals surface area (Å²) in [5.74, 6) is 0.163. The van der Waals surface area contributed by atoms with Crippen molar-refractivity contribution in [1.29, 1.82) is 0 Å². The number of nitrogens with zero attached hydrogens (tertiary/aromatic N) is 1. The first kappa shape index (κ1) is 19.1. The zero-order chi connectivity index (χ0) is 19.4. The van der Waals surface area contributed by atoms with E-state index in [1.807, 2.05) is 32.0 Å². The van der Waals surface area contributed by atoms with Crippen molar-refractivity contribution in [1.82, 2.24) is 0 Å². The molecule has 0 N–H and O–H groups in total. The summed E-state index contributed by atoms with van der Waals surface area (Å²) in [7, 11) is -3.95. The number of aryl methyl sites for hydroxylation is 2. The van der Waals surface area contributed by atoms with Crippen LogP contribution in [0.1, 0.15) is 16.7 Å². The van der Waals surface area contributed by atoms with Crippen LogP contribution in [0.15, 0.2) is 76.6 Å². The molecular weight excluding hydrogens is 382 g/mol. The third kappa shape index (κ3) is 4.76. The molecule has 0 aliphatic heterocycles. The first-order chi connectivity index (χ1) is 12.8. The lowest BCUT2D eigenvalue weighted by atomic mass is 10.1. The summed E-state index contributed by atoms with van der Waals surface area (Å²) >= 11 is 6.07. The zero-order valence-corrected chi connectivity index (χ0v) is 16.5. The highest BCUT2D eigenvalue weighted by atomic mass is 35.5. The number of halogens is 1. The SMILES string of the molecule is Cc1ccc(N=Cc2cc(Cl)ccc2OS(=O)(=O)c2ccccc2)cc1C. The van der Waals surface area contributed by atoms with Crippen LogP contribution in [0.2, 0.25) is 5.02 Å². The number of rotatable bonds is 5. The van der Waals surface area contributed by atoms with E-state index in [1.54, 1.807) is 36.5 Å². The minimum absolute atomic E-state index is 0.0806. The molecule has 0 aliphatic rings. The van der Waals surface area contributed by atoms with Crippen LogP contribution >= 0.6 is 11.6 Å². The Hall–Kier alpha value is -2.63. The normalized spacial score (nSPS) is 11.7. The van der Waals surface area contributed by atoms with Crippen molar-refractivity contribution in [2.45, 2.75) is 18.7 Å². The molecule has 0 aromatic heterocycles. The standard InChI is InChI=1S/C21H18ClNO3S/c1-15-8-10-19(12-16(15)2)23-14-17-13-18(22)9-11-21(17)26-27(24,25)20-6-4-3-5-7-20/h3-14H,1-2H3. The third-order valence-corrected chi connectivity index (χ3v) is 5.53. The van der Waals surface area contributed by atoms with Crippen molar-refractivity contribution in [3.05, 3.63) is 88.4 Å². The highest BCUT2D eigenvalue weighted by molar-refractivity contribution is 7.87. The van der Waals surface area contributed by atoms with Crippen LogP contribution in [0.5, 0.6) is 5.75 Å². The molecule has 0 radical (unpaired) electrons. The van der Waals surface area contributed by atoms with E-state index in [2.05, 4.69) is 4.99 Å². The van der Waals surface area contributed by atoms with Crippen molar-refractivity contribution in [2.75, 3.05) is 0 Å². The van der Waals surface area contributed by atoms with E-state index in [-0.39, 0.29) is 10.6 Å². The largest absolute Gasteiger partial charge is 0.378 e. The number of benzene rings is 3. The second-order valence-corrected chi connectivity index (χ2v) is 8.04. The van der Waals surface area contributed by atoms with Gasteiger partial charge in [0.25, 0.3) is 0 Å². The Morgan fingerprint density at radius 1 is 0.926 bits per heavy atom. The van der Waals surface area contributed by atoms with E-state index >= 15 is 0 Å². The molecular formula is C21H18ClNO3S. The van der Waals surface area contributed by atoms with Crippen LogP contribution in [0.4, 0.5) is 5.69 Å². The molecule has 4 nitrogen and oxygen atoms in total. The lowest BCUT2D eigenvalue weighted by Gasteiger charge is -2.10. The molecule has 0 saturated carbocycles. The van der Waals surface area contributed by atoms with E-state index < -0.39 is 10.1 Å². The molecule has 27 heavy (non-hydrogen) atoms. The molecule has 138 valence electrons. The van der Waals surface area contributed by atoms with Crippen LogP contribution < -0.4 is 4.18 Å². The van der Waals surface area contributed by atoms with E-state index in [1.165, 1.54) is 23.8 Å². The van der Waals surface area contributed by atoms with E-state index in [0.29, 0.717) is 10.6 Å². The quantitative estimate of drug-likeness (QED) is 0.422. The highest BCUT2D eigenvalue weighted by Crippen LogP contribution is 2.26. The van der Waals surface area contributed by atoms with E-state index in [0.717, 1.165) is 11.3 Å². The van der Waals surface area contributed by atoms with Gasteiger partial charge in [-0.05, 0) is 67.4 Å². The Labute approximate surface area is 164 Å². The Kier molecular flexibility index (Phi) is 5.63. The fraction of sp³-hybridized carbons (Fsp3) is 0.0952. The van der Waals surface area contributed by atoms with Crippen LogP contribution in [0, 0.1) is 13.8 Å². The van der Waals surface area contributed by atoms with Gasteiger partial charge in [0.1, 0.15) is 4.90 Å². The van der Waals surface area contributed by atoms with E-state index in [9.17, 15) is 8.42 Å². The molecule has 0 aliphatic carbocycles. The van der Waals surface area contributed by atoms with Gasteiger partial charge in [-0.2, -0.15) is 8.42 Å². The summed E-state index contributed by atoms with van der Waals surface area (Å²) in [6.07, 6.45) is 1.55. The Morgan fingerprint density at radius 2 is 1.67 bits per heavy atom. The van der Waals surface area contributed by atoms with Gasteiger partial charge in [0.2, 0.25) is 0 Å². The number of hydrogen-bond donors (Lipinski definition) is 0. The fourth-order valence-corrected chi connectivity index (χ4v) is 3.55. The van der Waals surface area contributed by atoms with Crippen LogP contribution in [-0.4, -0.2) is 14.6 Å². The minimum atomic E-state index is -3.95. The maximum atomic E-state index is 12.5. The lowest BCUT2D eigenvalue weighted by molar-refractivity contribution is 0.485. The average Bonchev–Trinajstić information content (AvgIpc) is 2.65. The predicted molar refractivity (Wildman–Crippen MR) is 109 cm³/mol. The number of hydrogen-bond acceptors (Lipinski definition) is 4. The van der Waals surface area contributed by atoms with Gasteiger partial charge in [-0.15, -0.1) is 0 Å². The average molecular weight is 400 g/mol. The summed E-state index contributed by atoms with van der Waals surface area (Å²) in [5, 5.41) is 0.459. The molecule has 3 aromatic carbocycles. The predicted octanol–water partition coefficient (Wildman–Crippen LogP) is 5.48. The summed E-state index contributed by atoms with van der Waals surface area (Å²) in [6, 6.07) is 18.5. The van der Waals surface area contributed by atoms with Gasteiger partial charge in [-0.25, -0.2) is 0 Å². The molecule has 3 aromatic rings. The Morgan fingerprint density at radius 3 is 2.37 bits per heavy atom. The van der Waals surface area contributed by atoms with E-state index in [4.69, 9.17) is 15.8 Å². The minimum Gasteiger partial charge on any atom is -0.378 e. The zero-order valence-electron chi connectivity index (χ0n) is 14.9. The molecule has 0 bridgehead atoms. The summed E-state index contributed by atoms with van der Waals surface area (Å²) in [5.41, 5.74) is 3.53. The maximum absolute atomic E-state index is 12.5. The Balaban J connectivity index is 1.94. The first-order valence-electron chi connectivity index (χ1n) is 8.25. The van der Waals surface area contributed by atoms with Crippen LogP contribution in [0.3, 0.4) is 0 Å².